The van der Waals surface area contributed by atoms with Crippen molar-refractivity contribution in [1.82, 2.24) is 5.32 Å². The van der Waals surface area contributed by atoms with Crippen molar-refractivity contribution in [3.8, 4) is 0 Å². The predicted molar refractivity (Wildman–Crippen MR) is 102 cm³/mol. The number of hydrogen-bond donors (Lipinski definition) is 1. The van der Waals surface area contributed by atoms with Gasteiger partial charge in [-0.1, -0.05) is 30.3 Å². The van der Waals surface area contributed by atoms with Gasteiger partial charge in [0.05, 0.1) is 11.2 Å². The Morgan fingerprint density at radius 3 is 2.08 bits per heavy atom. The Balaban J connectivity index is 2.07. The molecule has 0 atom stereocenters. The number of carbonyl (C=O) groups is 1. The van der Waals surface area contributed by atoms with Gasteiger partial charge >= 0.3 is 7.12 Å². The van der Waals surface area contributed by atoms with E-state index in [0.29, 0.717) is 5.56 Å². The predicted octanol–water partition coefficient (Wildman–Crippen LogP) is 3.28. The topological polar surface area (TPSA) is 47.6 Å². The summed E-state index contributed by atoms with van der Waals surface area (Å²) in [6.07, 6.45) is 0. The van der Waals surface area contributed by atoms with Crippen LogP contribution in [-0.4, -0.2) is 30.3 Å². The van der Waals surface area contributed by atoms with Crippen LogP contribution >= 0.6 is 0 Å². The highest BCUT2D eigenvalue weighted by Gasteiger charge is 2.52. The van der Waals surface area contributed by atoms with Crippen LogP contribution in [0.4, 0.5) is 0 Å². The molecular formula is C20H26BNO3. The Bertz CT molecular complexity index is 798. The molecule has 3 rings (SSSR count). The monoisotopic (exact) mass is 339 g/mol. The van der Waals surface area contributed by atoms with Gasteiger partial charge in [-0.15, -0.1) is 0 Å². The van der Waals surface area contributed by atoms with E-state index in [1.807, 2.05) is 77.9 Å². The quantitative estimate of drug-likeness (QED) is 0.873. The Hall–Kier alpha value is -1.85. The van der Waals surface area contributed by atoms with Gasteiger partial charge in [0.15, 0.2) is 0 Å². The fourth-order valence-electron chi connectivity index (χ4n) is 3.04. The summed E-state index contributed by atoms with van der Waals surface area (Å²) >= 11 is 0. The van der Waals surface area contributed by atoms with Crippen molar-refractivity contribution >= 4 is 29.3 Å². The normalized spacial score (nSPS) is 18.8. The molecule has 4 nitrogen and oxygen atoms in total. The zero-order valence-corrected chi connectivity index (χ0v) is 15.8. The van der Waals surface area contributed by atoms with E-state index in [9.17, 15) is 4.79 Å². The Morgan fingerprint density at radius 2 is 1.52 bits per heavy atom. The molecule has 1 aliphatic heterocycles. The highest BCUT2D eigenvalue weighted by atomic mass is 16.7. The summed E-state index contributed by atoms with van der Waals surface area (Å²) in [7, 11) is -0.447. The van der Waals surface area contributed by atoms with Crippen LogP contribution in [0.3, 0.4) is 0 Å². The van der Waals surface area contributed by atoms with E-state index in [4.69, 9.17) is 9.31 Å². The van der Waals surface area contributed by atoms with Crippen molar-refractivity contribution < 1.29 is 14.1 Å². The van der Waals surface area contributed by atoms with Crippen LogP contribution in [-0.2, 0) is 9.31 Å². The molecule has 0 aliphatic carbocycles. The maximum atomic E-state index is 12.5. The first-order valence-electron chi connectivity index (χ1n) is 8.80. The molecule has 2 aromatic carbocycles. The molecule has 0 spiro atoms. The molecule has 0 bridgehead atoms. The van der Waals surface area contributed by atoms with Gasteiger partial charge in [-0.3, -0.25) is 4.79 Å². The molecule has 1 amide bonds. The first-order valence-corrected chi connectivity index (χ1v) is 8.80. The lowest BCUT2D eigenvalue weighted by Crippen LogP contribution is -2.41. The number of rotatable bonds is 3. The average molecular weight is 339 g/mol. The number of nitrogens with one attached hydrogen (secondary N) is 1. The van der Waals surface area contributed by atoms with Gasteiger partial charge in [-0.25, -0.2) is 0 Å². The third kappa shape index (κ3) is 3.19. The van der Waals surface area contributed by atoms with Gasteiger partial charge in [-0.2, -0.15) is 0 Å². The maximum absolute atomic E-state index is 12.5. The lowest BCUT2D eigenvalue weighted by molar-refractivity contribution is 0.00578. The van der Waals surface area contributed by atoms with Crippen LogP contribution in [0.1, 0.15) is 51.9 Å². The molecule has 0 saturated carbocycles. The molecule has 132 valence electrons. The summed E-state index contributed by atoms with van der Waals surface area (Å²) in [6, 6.07) is 11.8. The summed E-state index contributed by atoms with van der Waals surface area (Å²) < 4.78 is 12.4. The fourth-order valence-corrected chi connectivity index (χ4v) is 3.04. The Morgan fingerprint density at radius 1 is 0.960 bits per heavy atom. The second-order valence-corrected chi connectivity index (χ2v) is 7.96. The van der Waals surface area contributed by atoms with E-state index in [0.717, 1.165) is 16.2 Å². The second-order valence-electron chi connectivity index (χ2n) is 7.96. The van der Waals surface area contributed by atoms with Crippen LogP contribution in [0.25, 0.3) is 10.8 Å². The van der Waals surface area contributed by atoms with Crippen molar-refractivity contribution in [1.29, 1.82) is 0 Å². The van der Waals surface area contributed by atoms with Crippen LogP contribution in [0.2, 0.25) is 0 Å². The van der Waals surface area contributed by atoms with Gasteiger partial charge in [-0.05, 0) is 63.8 Å². The van der Waals surface area contributed by atoms with Gasteiger partial charge in [0.2, 0.25) is 0 Å². The summed E-state index contributed by atoms with van der Waals surface area (Å²) in [5.41, 5.74) is 0.832. The van der Waals surface area contributed by atoms with Gasteiger partial charge < -0.3 is 14.6 Å². The van der Waals surface area contributed by atoms with Crippen LogP contribution < -0.4 is 10.8 Å². The average Bonchev–Trinajstić information content (AvgIpc) is 2.73. The molecule has 1 saturated heterocycles. The number of benzene rings is 2. The molecule has 0 unspecified atom stereocenters. The zero-order chi connectivity index (χ0) is 18.4. The van der Waals surface area contributed by atoms with E-state index in [1.165, 1.54) is 0 Å². The largest absolute Gasteiger partial charge is 0.495 e. The number of fused-ring (bicyclic) bond motifs is 1. The molecular weight excluding hydrogens is 313 g/mol. The minimum atomic E-state index is -0.447. The zero-order valence-electron chi connectivity index (χ0n) is 15.8. The molecule has 2 aromatic rings. The van der Waals surface area contributed by atoms with E-state index < -0.39 is 18.3 Å². The first kappa shape index (κ1) is 18.0. The number of carbonyl (C=O) groups excluding carboxylic acids is 1. The van der Waals surface area contributed by atoms with Gasteiger partial charge in [0.25, 0.3) is 5.91 Å². The third-order valence-corrected chi connectivity index (χ3v) is 5.13. The van der Waals surface area contributed by atoms with E-state index in [-0.39, 0.29) is 11.9 Å². The summed E-state index contributed by atoms with van der Waals surface area (Å²) in [4.78, 5) is 12.5. The van der Waals surface area contributed by atoms with Gasteiger partial charge in [0.1, 0.15) is 0 Å². The standard InChI is InChI=1S/C20H26BNO3/c1-13(2)22-18(23)16-11-12-17(15-10-8-7-9-14(15)16)21-24-19(3,4)20(5,6)25-21/h7-13H,1-6H3,(H,22,23). The third-order valence-electron chi connectivity index (χ3n) is 5.13. The smallest absolute Gasteiger partial charge is 0.399 e. The van der Waals surface area contributed by atoms with Gasteiger partial charge in [0, 0.05) is 11.6 Å². The van der Waals surface area contributed by atoms with Crippen LogP contribution in [0.5, 0.6) is 0 Å². The maximum Gasteiger partial charge on any atom is 0.495 e. The van der Waals surface area contributed by atoms with E-state index in [1.54, 1.807) is 0 Å². The lowest BCUT2D eigenvalue weighted by atomic mass is 9.75. The molecule has 1 aliphatic rings. The van der Waals surface area contributed by atoms with Crippen molar-refractivity contribution in [2.45, 2.75) is 58.8 Å². The molecule has 1 fully saturated rings. The van der Waals surface area contributed by atoms with Crippen LogP contribution in [0.15, 0.2) is 36.4 Å². The number of hydrogen-bond acceptors (Lipinski definition) is 3. The SMILES string of the molecule is CC(C)NC(=O)c1ccc(B2OC(C)(C)C(C)(C)O2)c2ccccc12. The first-order chi connectivity index (χ1) is 11.6. The second kappa shape index (κ2) is 6.15. The van der Waals surface area contributed by atoms with Crippen LogP contribution in [0, 0.1) is 0 Å². The van der Waals surface area contributed by atoms with Crippen molar-refractivity contribution in [2.75, 3.05) is 0 Å². The molecule has 1 heterocycles. The summed E-state index contributed by atoms with van der Waals surface area (Å²) in [5.74, 6) is -0.0633. The Labute approximate surface area is 150 Å². The molecule has 0 aromatic heterocycles. The fraction of sp³-hybridized carbons (Fsp3) is 0.450. The molecule has 1 N–H and O–H groups in total. The molecule has 0 radical (unpaired) electrons. The summed E-state index contributed by atoms with van der Waals surface area (Å²) in [6.45, 7) is 12.1. The minimum absolute atomic E-state index is 0.0633. The lowest BCUT2D eigenvalue weighted by Gasteiger charge is -2.32. The molecule has 25 heavy (non-hydrogen) atoms. The minimum Gasteiger partial charge on any atom is -0.399 e. The van der Waals surface area contributed by atoms with E-state index in [2.05, 4.69) is 5.32 Å². The van der Waals surface area contributed by atoms with Crippen molar-refractivity contribution in [3.63, 3.8) is 0 Å². The highest BCUT2D eigenvalue weighted by Crippen LogP contribution is 2.37. The van der Waals surface area contributed by atoms with Crippen molar-refractivity contribution in [3.05, 3.63) is 42.0 Å². The highest BCUT2D eigenvalue weighted by molar-refractivity contribution is 6.65. The van der Waals surface area contributed by atoms with Crippen molar-refractivity contribution in [2.24, 2.45) is 0 Å². The Kier molecular flexibility index (Phi) is 4.42. The summed E-state index contributed by atoms with van der Waals surface area (Å²) in [5, 5.41) is 4.86. The number of amides is 1. The van der Waals surface area contributed by atoms with E-state index >= 15 is 0 Å². The molecule has 5 heteroatoms.